The van der Waals surface area contributed by atoms with Crippen molar-refractivity contribution in [2.75, 3.05) is 31.2 Å². The lowest BCUT2D eigenvalue weighted by Gasteiger charge is -2.14. The van der Waals surface area contributed by atoms with Gasteiger partial charge in [-0.15, -0.1) is 0 Å². The summed E-state index contributed by atoms with van der Waals surface area (Å²) in [5.74, 6) is 0.355. The number of hydrogen-bond acceptors (Lipinski definition) is 6. The third kappa shape index (κ3) is 2.55. The Bertz CT molecular complexity index is 296. The lowest BCUT2D eigenvalue weighted by atomic mass is 10.5. The standard InChI is InChI=1S/C8H15N5S/c1-13(6-2-3-6)5-4-10-8-11-7(9)12-14-8/h6H,2-5H2,1H3,(H3,9,10,11,12). The number of aromatic nitrogens is 2. The Hall–Kier alpha value is -0.880. The first-order valence-corrected chi connectivity index (χ1v) is 5.56. The summed E-state index contributed by atoms with van der Waals surface area (Å²) in [6.07, 6.45) is 2.70. The summed E-state index contributed by atoms with van der Waals surface area (Å²) in [7, 11) is 2.16. The molecule has 0 aliphatic heterocycles. The predicted molar refractivity (Wildman–Crippen MR) is 58.5 cm³/mol. The van der Waals surface area contributed by atoms with Gasteiger partial charge < -0.3 is 16.0 Å². The number of rotatable bonds is 5. The van der Waals surface area contributed by atoms with E-state index in [0.29, 0.717) is 5.95 Å². The van der Waals surface area contributed by atoms with E-state index in [4.69, 9.17) is 5.73 Å². The molecule has 0 bridgehead atoms. The summed E-state index contributed by atoms with van der Waals surface area (Å²) < 4.78 is 3.89. The van der Waals surface area contributed by atoms with Crippen molar-refractivity contribution < 1.29 is 0 Å². The smallest absolute Gasteiger partial charge is 0.233 e. The molecule has 1 fully saturated rings. The summed E-state index contributed by atoms with van der Waals surface area (Å²) in [5, 5.41) is 4.01. The van der Waals surface area contributed by atoms with Gasteiger partial charge in [-0.1, -0.05) is 0 Å². The molecule has 6 heteroatoms. The van der Waals surface area contributed by atoms with Gasteiger partial charge in [-0.2, -0.15) is 9.36 Å². The van der Waals surface area contributed by atoms with E-state index in [1.807, 2.05) is 0 Å². The van der Waals surface area contributed by atoms with Crippen LogP contribution in [-0.4, -0.2) is 40.4 Å². The van der Waals surface area contributed by atoms with Crippen molar-refractivity contribution in [2.24, 2.45) is 0 Å². The van der Waals surface area contributed by atoms with Crippen LogP contribution >= 0.6 is 11.5 Å². The maximum absolute atomic E-state index is 5.41. The van der Waals surface area contributed by atoms with Crippen LogP contribution in [0.2, 0.25) is 0 Å². The summed E-state index contributed by atoms with van der Waals surface area (Å²) >= 11 is 1.31. The number of hydrogen-bond donors (Lipinski definition) is 2. The SMILES string of the molecule is CN(CCNc1nc(N)ns1)C1CC1. The molecule has 0 unspecified atom stereocenters. The fourth-order valence-corrected chi connectivity index (χ4v) is 1.87. The van der Waals surface area contributed by atoms with Crippen LogP contribution in [0.25, 0.3) is 0 Å². The number of nitrogens with two attached hydrogens (primary N) is 1. The first-order valence-electron chi connectivity index (χ1n) is 4.79. The average molecular weight is 213 g/mol. The third-order valence-corrected chi connectivity index (χ3v) is 3.04. The monoisotopic (exact) mass is 213 g/mol. The van der Waals surface area contributed by atoms with E-state index >= 15 is 0 Å². The molecule has 5 nitrogen and oxygen atoms in total. The molecule has 1 saturated carbocycles. The zero-order valence-corrected chi connectivity index (χ0v) is 9.05. The van der Waals surface area contributed by atoms with Crippen LogP contribution in [0.1, 0.15) is 12.8 Å². The Morgan fingerprint density at radius 3 is 3.00 bits per heavy atom. The van der Waals surface area contributed by atoms with Crippen molar-refractivity contribution in [3.8, 4) is 0 Å². The molecule has 0 aromatic carbocycles. The average Bonchev–Trinajstić information content (AvgIpc) is 2.92. The van der Waals surface area contributed by atoms with E-state index in [-0.39, 0.29) is 0 Å². The highest BCUT2D eigenvalue weighted by Gasteiger charge is 2.25. The fourth-order valence-electron chi connectivity index (χ4n) is 1.34. The van der Waals surface area contributed by atoms with Gasteiger partial charge in [-0.05, 0) is 19.9 Å². The van der Waals surface area contributed by atoms with Gasteiger partial charge >= 0.3 is 0 Å². The highest BCUT2D eigenvalue weighted by atomic mass is 32.1. The second-order valence-corrected chi connectivity index (χ2v) is 4.35. The van der Waals surface area contributed by atoms with Crippen molar-refractivity contribution in [1.82, 2.24) is 14.3 Å². The normalized spacial score (nSPS) is 16.1. The van der Waals surface area contributed by atoms with Crippen molar-refractivity contribution in [3.63, 3.8) is 0 Å². The van der Waals surface area contributed by atoms with Gasteiger partial charge in [0.2, 0.25) is 11.1 Å². The number of likely N-dealkylation sites (N-methyl/N-ethyl adjacent to an activating group) is 1. The van der Waals surface area contributed by atoms with Gasteiger partial charge in [0.1, 0.15) is 0 Å². The molecule has 78 valence electrons. The summed E-state index contributed by atoms with van der Waals surface area (Å²) in [6, 6.07) is 0.816. The molecule has 0 saturated heterocycles. The van der Waals surface area contributed by atoms with Crippen LogP contribution < -0.4 is 11.1 Å². The zero-order valence-electron chi connectivity index (χ0n) is 8.23. The topological polar surface area (TPSA) is 67.1 Å². The minimum atomic E-state index is 0.355. The van der Waals surface area contributed by atoms with Crippen LogP contribution in [0.5, 0.6) is 0 Å². The van der Waals surface area contributed by atoms with Gasteiger partial charge in [0.05, 0.1) is 0 Å². The van der Waals surface area contributed by atoms with Crippen molar-refractivity contribution in [3.05, 3.63) is 0 Å². The highest BCUT2D eigenvalue weighted by molar-refractivity contribution is 7.09. The van der Waals surface area contributed by atoms with Crippen LogP contribution in [0.15, 0.2) is 0 Å². The maximum Gasteiger partial charge on any atom is 0.233 e. The van der Waals surface area contributed by atoms with Gasteiger partial charge in [0, 0.05) is 30.7 Å². The number of nitrogen functional groups attached to an aromatic ring is 1. The molecule has 3 N–H and O–H groups in total. The minimum Gasteiger partial charge on any atom is -0.367 e. The third-order valence-electron chi connectivity index (χ3n) is 2.35. The fraction of sp³-hybridized carbons (Fsp3) is 0.750. The van der Waals surface area contributed by atoms with Gasteiger partial charge in [0.25, 0.3) is 0 Å². The van der Waals surface area contributed by atoms with Gasteiger partial charge in [-0.25, -0.2) is 0 Å². The van der Waals surface area contributed by atoms with E-state index in [0.717, 1.165) is 24.3 Å². The quantitative estimate of drug-likeness (QED) is 0.751. The van der Waals surface area contributed by atoms with Crippen molar-refractivity contribution in [1.29, 1.82) is 0 Å². The van der Waals surface area contributed by atoms with Crippen LogP contribution in [0.4, 0.5) is 11.1 Å². The first-order chi connectivity index (χ1) is 6.75. The van der Waals surface area contributed by atoms with Crippen molar-refractivity contribution in [2.45, 2.75) is 18.9 Å². The Kier molecular flexibility index (Phi) is 2.83. The Labute approximate surface area is 87.5 Å². The molecule has 1 aliphatic carbocycles. The molecule has 0 atom stereocenters. The summed E-state index contributed by atoms with van der Waals surface area (Å²) in [4.78, 5) is 6.40. The summed E-state index contributed by atoms with van der Waals surface area (Å²) in [5.41, 5.74) is 5.41. The van der Waals surface area contributed by atoms with Crippen LogP contribution in [-0.2, 0) is 0 Å². The lowest BCUT2D eigenvalue weighted by Crippen LogP contribution is -2.26. The molecule has 14 heavy (non-hydrogen) atoms. The Balaban J connectivity index is 1.67. The van der Waals surface area contributed by atoms with Gasteiger partial charge in [0.15, 0.2) is 0 Å². The molecule has 0 spiro atoms. The molecule has 1 aromatic heterocycles. The second kappa shape index (κ2) is 4.10. The molecule has 1 aliphatic rings. The number of nitrogens with zero attached hydrogens (tertiary/aromatic N) is 3. The first kappa shape index (κ1) is 9.67. The van der Waals surface area contributed by atoms with E-state index in [9.17, 15) is 0 Å². The predicted octanol–water partition coefficient (Wildman–Crippen LogP) is 0.626. The van der Waals surface area contributed by atoms with E-state index in [2.05, 4.69) is 26.6 Å². The Morgan fingerprint density at radius 1 is 1.64 bits per heavy atom. The molecular weight excluding hydrogens is 198 g/mol. The summed E-state index contributed by atoms with van der Waals surface area (Å²) in [6.45, 7) is 1.95. The number of anilines is 2. The molecule has 0 amide bonds. The van der Waals surface area contributed by atoms with E-state index < -0.39 is 0 Å². The van der Waals surface area contributed by atoms with Crippen molar-refractivity contribution >= 4 is 22.6 Å². The molecule has 1 heterocycles. The Morgan fingerprint density at radius 2 is 2.43 bits per heavy atom. The molecule has 0 radical (unpaired) electrons. The maximum atomic E-state index is 5.41. The van der Waals surface area contributed by atoms with E-state index in [1.165, 1.54) is 24.4 Å². The molecule has 2 rings (SSSR count). The van der Waals surface area contributed by atoms with E-state index in [1.54, 1.807) is 0 Å². The lowest BCUT2D eigenvalue weighted by molar-refractivity contribution is 0.337. The molecule has 1 aromatic rings. The second-order valence-electron chi connectivity index (χ2n) is 3.60. The highest BCUT2D eigenvalue weighted by Crippen LogP contribution is 2.24. The molecular formula is C8H15N5S. The zero-order chi connectivity index (χ0) is 9.97. The number of nitrogens with one attached hydrogen (secondary N) is 1. The van der Waals surface area contributed by atoms with Crippen LogP contribution in [0.3, 0.4) is 0 Å². The van der Waals surface area contributed by atoms with Gasteiger partial charge in [-0.3, -0.25) is 0 Å². The van der Waals surface area contributed by atoms with Crippen LogP contribution in [0, 0.1) is 0 Å². The largest absolute Gasteiger partial charge is 0.367 e. The minimum absolute atomic E-state index is 0.355.